The zero-order valence-electron chi connectivity index (χ0n) is 20.2. The molecule has 0 aliphatic rings. The Hall–Kier alpha value is 1.00. The van der Waals surface area contributed by atoms with E-state index in [0.717, 1.165) is 0 Å². The second kappa shape index (κ2) is 17.5. The zero-order chi connectivity index (χ0) is 25.7. The summed E-state index contributed by atoms with van der Waals surface area (Å²) in [5, 5.41) is -1.41. The third-order valence-corrected chi connectivity index (χ3v) is 9.90. The average molecular weight is 594 g/mol. The molecule has 0 aromatic heterocycles. The van der Waals surface area contributed by atoms with Crippen LogP contribution in [0.25, 0.3) is 0 Å². The molecule has 198 valence electrons. The summed E-state index contributed by atoms with van der Waals surface area (Å²) in [6.07, 6.45) is 2.40. The van der Waals surface area contributed by atoms with Gasteiger partial charge in [-0.05, 0) is 39.5 Å². The van der Waals surface area contributed by atoms with Crippen LogP contribution < -0.4 is 0 Å². The van der Waals surface area contributed by atoms with E-state index < -0.39 is 26.2 Å². The van der Waals surface area contributed by atoms with E-state index in [1.165, 1.54) is 13.8 Å². The molecule has 0 aromatic rings. The minimum absolute atomic E-state index is 0.0113. The molecule has 0 fully saturated rings. The van der Waals surface area contributed by atoms with Crippen molar-refractivity contribution in [2.45, 2.75) is 88.7 Å². The molecule has 0 bridgehead atoms. The predicted octanol–water partition coefficient (Wildman–Crippen LogP) is 8.69. The van der Waals surface area contributed by atoms with E-state index in [4.69, 9.17) is 69.0 Å². The van der Waals surface area contributed by atoms with Crippen LogP contribution in [0.15, 0.2) is 11.1 Å². The lowest BCUT2D eigenvalue weighted by atomic mass is 10.4. The van der Waals surface area contributed by atoms with E-state index in [9.17, 15) is 9.13 Å². The molecular formula is C20H38Cl4O7P2. The third-order valence-electron chi connectivity index (χ3n) is 4.62. The van der Waals surface area contributed by atoms with Crippen molar-refractivity contribution in [3.05, 3.63) is 11.1 Å². The van der Waals surface area contributed by atoms with Gasteiger partial charge in [-0.25, -0.2) is 4.57 Å². The topological polar surface area (TPSA) is 80.3 Å². The molecule has 1 unspecified atom stereocenters. The van der Waals surface area contributed by atoms with Crippen LogP contribution in [-0.2, 0) is 31.7 Å². The molecule has 33 heavy (non-hydrogen) atoms. The van der Waals surface area contributed by atoms with Crippen LogP contribution in [0.5, 0.6) is 0 Å². The largest absolute Gasteiger partial charge is 0.529 e. The fraction of sp³-hybridized carbons (Fsp3) is 0.900. The van der Waals surface area contributed by atoms with Gasteiger partial charge in [-0.1, -0.05) is 27.7 Å². The molecule has 0 aliphatic carbocycles. The van der Waals surface area contributed by atoms with E-state index in [0.29, 0.717) is 25.7 Å². The van der Waals surface area contributed by atoms with Crippen LogP contribution in [0.3, 0.4) is 0 Å². The van der Waals surface area contributed by atoms with Crippen molar-refractivity contribution in [3.8, 4) is 0 Å². The van der Waals surface area contributed by atoms with Crippen molar-refractivity contribution in [1.29, 1.82) is 0 Å². The molecule has 0 heterocycles. The van der Waals surface area contributed by atoms with Crippen molar-refractivity contribution >= 4 is 61.8 Å². The number of alkyl halides is 4. The highest BCUT2D eigenvalue weighted by Crippen LogP contribution is 2.60. The van der Waals surface area contributed by atoms with Crippen LogP contribution in [0.4, 0.5) is 0 Å². The summed E-state index contributed by atoms with van der Waals surface area (Å²) in [6.45, 7) is 10.3. The maximum Gasteiger partial charge on any atom is 0.529 e. The Bertz CT molecular complexity index is 645. The van der Waals surface area contributed by atoms with Crippen molar-refractivity contribution in [3.63, 3.8) is 0 Å². The Morgan fingerprint density at radius 3 is 1.24 bits per heavy atom. The van der Waals surface area contributed by atoms with Crippen LogP contribution >= 0.6 is 61.8 Å². The number of phosphoric acid groups is 1. The molecule has 0 amide bonds. The van der Waals surface area contributed by atoms with Crippen LogP contribution in [0.1, 0.15) is 67.2 Å². The van der Waals surface area contributed by atoms with Crippen molar-refractivity contribution in [2.24, 2.45) is 0 Å². The monoisotopic (exact) mass is 592 g/mol. The Labute approximate surface area is 219 Å². The van der Waals surface area contributed by atoms with E-state index in [-0.39, 0.29) is 48.3 Å². The van der Waals surface area contributed by atoms with Gasteiger partial charge in [0.2, 0.25) is 0 Å². The molecule has 0 spiro atoms. The summed E-state index contributed by atoms with van der Waals surface area (Å²) in [6, 6.07) is 0. The van der Waals surface area contributed by atoms with Gasteiger partial charge in [-0.2, -0.15) is 0 Å². The minimum atomic E-state index is -4.13. The highest BCUT2D eigenvalue weighted by Gasteiger charge is 2.36. The second-order valence-electron chi connectivity index (χ2n) is 7.38. The standard InChI is InChI=1S/C20H38Cl4O7P2/c1-7-17(21)11-27-32(25,28-12-18(22)8-2)16(6)15(5)31-33(26,29-13-19(23)9-3)30-14-20(24)10-4/h17-20H,7-14H2,1-6H3/b16-15-/t17-,18+,19-,20-,32?/m1/s1. The van der Waals surface area contributed by atoms with Gasteiger partial charge < -0.3 is 13.6 Å². The molecule has 13 heteroatoms. The van der Waals surface area contributed by atoms with Crippen molar-refractivity contribution in [1.82, 2.24) is 0 Å². The fourth-order valence-corrected chi connectivity index (χ4v) is 5.62. The first-order chi connectivity index (χ1) is 15.4. The number of hydrogen-bond donors (Lipinski definition) is 0. The Morgan fingerprint density at radius 1 is 0.636 bits per heavy atom. The first-order valence-corrected chi connectivity index (χ1v) is 15.8. The molecule has 7 nitrogen and oxygen atoms in total. The maximum atomic E-state index is 13.6. The Balaban J connectivity index is 5.82. The van der Waals surface area contributed by atoms with E-state index in [1.54, 1.807) is 0 Å². The lowest BCUT2D eigenvalue weighted by Gasteiger charge is -2.25. The van der Waals surface area contributed by atoms with E-state index >= 15 is 0 Å². The maximum absolute atomic E-state index is 13.6. The quantitative estimate of drug-likeness (QED) is 0.0841. The van der Waals surface area contributed by atoms with Gasteiger partial charge in [0.25, 0.3) is 0 Å². The smallest absolute Gasteiger partial charge is 0.408 e. The molecule has 0 rings (SSSR count). The normalized spacial score (nSPS) is 18.7. The number of rotatable bonds is 19. The molecule has 0 saturated carbocycles. The molecule has 0 radical (unpaired) electrons. The van der Waals surface area contributed by atoms with Crippen molar-refractivity contribution < 1.29 is 31.7 Å². The van der Waals surface area contributed by atoms with E-state index in [2.05, 4.69) is 0 Å². The number of halogens is 4. The molecule has 0 aliphatic heterocycles. The number of allylic oxidation sites excluding steroid dienone is 2. The molecule has 5 atom stereocenters. The second-order valence-corrected chi connectivity index (χ2v) is 13.6. The fourth-order valence-electron chi connectivity index (χ4n) is 1.92. The molecule has 0 saturated heterocycles. The number of hydrogen-bond acceptors (Lipinski definition) is 7. The summed E-state index contributed by atoms with van der Waals surface area (Å²) >= 11 is 24.5. The lowest BCUT2D eigenvalue weighted by molar-refractivity contribution is 0.133. The van der Waals surface area contributed by atoms with Gasteiger partial charge >= 0.3 is 15.4 Å². The summed E-state index contributed by atoms with van der Waals surface area (Å²) in [5.41, 5.74) is 0. The van der Waals surface area contributed by atoms with Gasteiger partial charge in [0, 0.05) is 0 Å². The van der Waals surface area contributed by atoms with Crippen LogP contribution in [0, 0.1) is 0 Å². The molecule has 0 N–H and O–H groups in total. The van der Waals surface area contributed by atoms with Crippen LogP contribution in [0.2, 0.25) is 0 Å². The molecule has 0 aromatic carbocycles. The Kier molecular flexibility index (Phi) is 18.0. The SMILES string of the molecule is CC[C@@H](Cl)COP(=O)(OC[C@H](Cl)CC)O/C(C)=C(/C)P(=O)(OC[C@H](Cl)CC)OC[C@@H](Cl)CC. The first-order valence-electron chi connectivity index (χ1n) is 11.1. The summed E-state index contributed by atoms with van der Waals surface area (Å²) in [4.78, 5) is 0. The van der Waals surface area contributed by atoms with Gasteiger partial charge in [0.05, 0.1) is 53.3 Å². The lowest BCUT2D eigenvalue weighted by Crippen LogP contribution is -2.14. The van der Waals surface area contributed by atoms with E-state index in [1.807, 2.05) is 27.7 Å². The summed E-state index contributed by atoms with van der Waals surface area (Å²) < 4.78 is 54.5. The first kappa shape index (κ1) is 34.0. The number of phosphoric ester groups is 1. The van der Waals surface area contributed by atoms with Crippen LogP contribution in [-0.4, -0.2) is 47.9 Å². The highest BCUT2D eigenvalue weighted by atomic mass is 35.5. The van der Waals surface area contributed by atoms with Gasteiger partial charge in [-0.15, -0.1) is 46.4 Å². The van der Waals surface area contributed by atoms with Gasteiger partial charge in [0.1, 0.15) is 5.76 Å². The van der Waals surface area contributed by atoms with Gasteiger partial charge in [0.15, 0.2) is 0 Å². The summed E-state index contributed by atoms with van der Waals surface area (Å²) in [5.74, 6) is 0.0113. The van der Waals surface area contributed by atoms with Gasteiger partial charge in [-0.3, -0.25) is 13.6 Å². The minimum Gasteiger partial charge on any atom is -0.408 e. The molecular weight excluding hydrogens is 556 g/mol. The predicted molar refractivity (Wildman–Crippen MR) is 138 cm³/mol. The zero-order valence-corrected chi connectivity index (χ0v) is 25.0. The average Bonchev–Trinajstić information content (AvgIpc) is 2.81. The highest BCUT2D eigenvalue weighted by molar-refractivity contribution is 7.58. The summed E-state index contributed by atoms with van der Waals surface area (Å²) in [7, 11) is -8.00. The van der Waals surface area contributed by atoms with Crippen molar-refractivity contribution in [2.75, 3.05) is 26.4 Å². The third kappa shape index (κ3) is 13.8. The Morgan fingerprint density at radius 2 is 0.939 bits per heavy atom.